The summed E-state index contributed by atoms with van der Waals surface area (Å²) >= 11 is 0. The van der Waals surface area contributed by atoms with Crippen LogP contribution < -0.4 is 4.99 Å². The molecule has 4 heteroatoms. The molecule has 1 aromatic rings. The average Bonchev–Trinajstić information content (AvgIpc) is 2.10. The van der Waals surface area contributed by atoms with E-state index in [9.17, 15) is 5.26 Å². The molecule has 1 radical (unpaired) electrons. The molecule has 0 bridgehead atoms. The molecule has 49 valence electrons. The maximum atomic E-state index is 9.77. The van der Waals surface area contributed by atoms with Crippen molar-refractivity contribution >= 4 is 0 Å². The van der Waals surface area contributed by atoms with Crippen LogP contribution in [0.1, 0.15) is 11.4 Å². The second-order valence-electron chi connectivity index (χ2n) is 1.87. The highest BCUT2D eigenvalue weighted by Gasteiger charge is 1.98. The third-order valence-corrected chi connectivity index (χ3v) is 1.04. The van der Waals surface area contributed by atoms with Gasteiger partial charge < -0.3 is 0 Å². The van der Waals surface area contributed by atoms with Crippen LogP contribution in [0.15, 0.2) is 6.07 Å². The fourth-order valence-electron chi connectivity index (χ4n) is 0.684. The van der Waals surface area contributed by atoms with E-state index in [1.54, 1.807) is 19.9 Å². The van der Waals surface area contributed by atoms with Crippen molar-refractivity contribution in [2.24, 2.45) is 0 Å². The van der Waals surface area contributed by atoms with Crippen molar-refractivity contribution in [2.45, 2.75) is 13.8 Å². The summed E-state index contributed by atoms with van der Waals surface area (Å²) in [5.41, 5.74) is 1.49. The van der Waals surface area contributed by atoms with Crippen LogP contribution in [0.4, 0.5) is 0 Å². The molecule has 0 fully saturated rings. The smallest absolute Gasteiger partial charge is 0.0811 e. The van der Waals surface area contributed by atoms with Crippen molar-refractivity contribution in [3.05, 3.63) is 17.5 Å². The van der Waals surface area contributed by atoms with Gasteiger partial charge in [0.15, 0.2) is 0 Å². The zero-order valence-electron chi connectivity index (χ0n) is 5.29. The fourth-order valence-corrected chi connectivity index (χ4v) is 0.684. The number of nitrogens with zero attached hydrogens (tertiary/aromatic N) is 2. The molecular formula is C5H7N2O2. The lowest BCUT2D eigenvalue weighted by molar-refractivity contribution is -0.312. The summed E-state index contributed by atoms with van der Waals surface area (Å²) in [6.45, 7) is 3.54. The third-order valence-electron chi connectivity index (χ3n) is 1.04. The molecule has 0 saturated carbocycles. The monoisotopic (exact) mass is 127 g/mol. The highest BCUT2D eigenvalue weighted by molar-refractivity contribution is 5.04. The molecule has 0 N–H and O–H groups in total. The van der Waals surface area contributed by atoms with E-state index < -0.39 is 0 Å². The van der Waals surface area contributed by atoms with E-state index in [1.165, 1.54) is 0 Å². The maximum Gasteiger partial charge on any atom is 0.0811 e. The molecule has 0 aliphatic heterocycles. The minimum absolute atomic E-state index is 0.711. The summed E-state index contributed by atoms with van der Waals surface area (Å²) < 4.78 is 0. The summed E-state index contributed by atoms with van der Waals surface area (Å²) in [5.74, 6) is 0. The average molecular weight is 127 g/mol. The zero-order chi connectivity index (χ0) is 6.85. The molecule has 1 rings (SSSR count). The largest absolute Gasteiger partial charge is 0.187 e. The Balaban J connectivity index is 3.01. The molecule has 0 spiro atoms. The Morgan fingerprint density at radius 1 is 1.67 bits per heavy atom. The zero-order valence-corrected chi connectivity index (χ0v) is 5.29. The Bertz CT molecular complexity index is 207. The second kappa shape index (κ2) is 2.06. The van der Waals surface area contributed by atoms with Crippen LogP contribution in [0.3, 0.4) is 0 Å². The van der Waals surface area contributed by atoms with Gasteiger partial charge in [-0.3, -0.25) is 0 Å². The van der Waals surface area contributed by atoms with Gasteiger partial charge in [-0.1, -0.05) is 4.85 Å². The number of hydrogen-bond acceptors (Lipinski definition) is 2. The van der Waals surface area contributed by atoms with E-state index in [0.29, 0.717) is 5.69 Å². The van der Waals surface area contributed by atoms with Gasteiger partial charge in [-0.05, 0) is 19.9 Å². The number of rotatable bonds is 1. The van der Waals surface area contributed by atoms with Crippen molar-refractivity contribution < 1.29 is 10.2 Å². The first-order chi connectivity index (χ1) is 4.24. The Kier molecular flexibility index (Phi) is 1.40. The van der Waals surface area contributed by atoms with Crippen LogP contribution in [-0.4, -0.2) is 9.94 Å². The maximum absolute atomic E-state index is 9.77. The Hall–Kier alpha value is -1.03. The molecule has 0 unspecified atom stereocenters. The molecule has 1 heterocycles. The van der Waals surface area contributed by atoms with Gasteiger partial charge in [-0.25, -0.2) is 0 Å². The van der Waals surface area contributed by atoms with Crippen LogP contribution in [-0.2, 0) is 5.26 Å². The van der Waals surface area contributed by atoms with Gasteiger partial charge in [0.2, 0.25) is 0 Å². The molecule has 0 atom stereocenters. The lowest BCUT2D eigenvalue weighted by Gasteiger charge is -1.90. The van der Waals surface area contributed by atoms with Crippen LogP contribution in [0, 0.1) is 13.8 Å². The van der Waals surface area contributed by atoms with E-state index >= 15 is 0 Å². The molecule has 0 aromatic carbocycles. The normalized spacial score (nSPS) is 9.67. The minimum atomic E-state index is 0.711. The van der Waals surface area contributed by atoms with E-state index in [0.717, 1.165) is 10.5 Å². The van der Waals surface area contributed by atoms with Gasteiger partial charge in [-0.15, -0.1) is 5.10 Å². The first-order valence-corrected chi connectivity index (χ1v) is 2.57. The fraction of sp³-hybridized carbons (Fsp3) is 0.400. The topological polar surface area (TPSA) is 47.0 Å². The van der Waals surface area contributed by atoms with Crippen LogP contribution in [0.5, 0.6) is 0 Å². The molecular weight excluding hydrogens is 120 g/mol. The van der Waals surface area contributed by atoms with Gasteiger partial charge in [0, 0.05) is 0 Å². The van der Waals surface area contributed by atoms with Gasteiger partial charge in [0.1, 0.15) is 0 Å². The summed E-state index contributed by atoms with van der Waals surface area (Å²) in [6, 6.07) is 1.76. The van der Waals surface area contributed by atoms with Gasteiger partial charge in [0.25, 0.3) is 0 Å². The SMILES string of the molecule is Cc1cc(C)n(O[O])n1. The highest BCUT2D eigenvalue weighted by Crippen LogP contribution is 1.97. The number of hydrogen-bond donors (Lipinski definition) is 0. The lowest BCUT2D eigenvalue weighted by atomic mass is 10.4. The van der Waals surface area contributed by atoms with Crippen LogP contribution in [0.2, 0.25) is 0 Å². The molecule has 0 aliphatic rings. The van der Waals surface area contributed by atoms with Crippen molar-refractivity contribution in [3.8, 4) is 0 Å². The summed E-state index contributed by atoms with van der Waals surface area (Å²) in [5, 5.41) is 13.5. The Labute approximate surface area is 52.6 Å². The second-order valence-corrected chi connectivity index (χ2v) is 1.87. The number of aromatic nitrogens is 2. The van der Waals surface area contributed by atoms with Crippen molar-refractivity contribution in [3.63, 3.8) is 0 Å². The predicted octanol–water partition coefficient (Wildman–Crippen LogP) is 0.274. The first kappa shape index (κ1) is 6.10. The van der Waals surface area contributed by atoms with Gasteiger partial charge in [0.05, 0.1) is 16.6 Å². The molecule has 9 heavy (non-hydrogen) atoms. The Morgan fingerprint density at radius 2 is 2.33 bits per heavy atom. The van der Waals surface area contributed by atoms with E-state index in [4.69, 9.17) is 0 Å². The standard InChI is InChI=1S/C5H7N2O2/c1-4-3-5(2)7(6-4)9-8/h3H,1-2H3. The van der Waals surface area contributed by atoms with Crippen molar-refractivity contribution in [2.75, 3.05) is 0 Å². The lowest BCUT2D eigenvalue weighted by Crippen LogP contribution is -2.08. The molecule has 4 nitrogen and oxygen atoms in total. The van der Waals surface area contributed by atoms with E-state index in [-0.39, 0.29) is 0 Å². The van der Waals surface area contributed by atoms with Gasteiger partial charge >= 0.3 is 0 Å². The quantitative estimate of drug-likeness (QED) is 0.401. The molecule has 0 amide bonds. The molecule has 1 aromatic heterocycles. The first-order valence-electron chi connectivity index (χ1n) is 2.57. The summed E-state index contributed by atoms with van der Waals surface area (Å²) in [4.78, 5) is 4.56. The number of aryl methyl sites for hydroxylation is 2. The highest BCUT2D eigenvalue weighted by atomic mass is 17.2. The summed E-state index contributed by atoms with van der Waals surface area (Å²) in [6.07, 6.45) is 0. The molecule has 0 saturated heterocycles. The minimum Gasteiger partial charge on any atom is -0.187 e. The van der Waals surface area contributed by atoms with Crippen molar-refractivity contribution in [1.29, 1.82) is 0 Å². The molecule has 0 aliphatic carbocycles. The van der Waals surface area contributed by atoms with E-state index in [2.05, 4.69) is 10.1 Å². The van der Waals surface area contributed by atoms with Crippen LogP contribution >= 0.6 is 0 Å². The van der Waals surface area contributed by atoms with E-state index in [1.807, 2.05) is 0 Å². The van der Waals surface area contributed by atoms with Gasteiger partial charge in [-0.2, -0.15) is 4.99 Å². The van der Waals surface area contributed by atoms with Crippen LogP contribution in [0.25, 0.3) is 0 Å². The Morgan fingerprint density at radius 3 is 2.56 bits per heavy atom. The predicted molar refractivity (Wildman–Crippen MR) is 29.0 cm³/mol. The van der Waals surface area contributed by atoms with Crippen molar-refractivity contribution in [1.82, 2.24) is 9.94 Å². The summed E-state index contributed by atoms with van der Waals surface area (Å²) in [7, 11) is 0. The third kappa shape index (κ3) is 1.02.